The van der Waals surface area contributed by atoms with Crippen molar-refractivity contribution < 1.29 is 0 Å². The highest BCUT2D eigenvalue weighted by molar-refractivity contribution is 5.68. The SMILES string of the molecule is C1=CC(N2c3ccc(C4CCc5[nH]c6c(c5C4)CCCC6)cc3C3CCCCC32)=CCC1. The molecule has 166 valence electrons. The number of rotatable bonds is 2. The Labute approximate surface area is 192 Å². The molecule has 0 saturated heterocycles. The van der Waals surface area contributed by atoms with Gasteiger partial charge in [-0.25, -0.2) is 0 Å². The van der Waals surface area contributed by atoms with E-state index < -0.39 is 0 Å². The molecule has 1 aromatic heterocycles. The molecule has 3 atom stereocenters. The van der Waals surface area contributed by atoms with Crippen molar-refractivity contribution in [1.82, 2.24) is 4.98 Å². The summed E-state index contributed by atoms with van der Waals surface area (Å²) in [5, 5.41) is 0. The lowest BCUT2D eigenvalue weighted by Gasteiger charge is -2.34. The van der Waals surface area contributed by atoms with E-state index in [1.807, 2.05) is 0 Å². The summed E-state index contributed by atoms with van der Waals surface area (Å²) < 4.78 is 0. The Bertz CT molecular complexity index is 1100. The third kappa shape index (κ3) is 2.98. The van der Waals surface area contributed by atoms with E-state index >= 15 is 0 Å². The summed E-state index contributed by atoms with van der Waals surface area (Å²) in [4.78, 5) is 6.55. The maximum atomic E-state index is 3.83. The smallest absolute Gasteiger partial charge is 0.0449 e. The highest BCUT2D eigenvalue weighted by atomic mass is 15.2. The second-order valence-corrected chi connectivity index (χ2v) is 10.9. The van der Waals surface area contributed by atoms with E-state index in [-0.39, 0.29) is 0 Å². The van der Waals surface area contributed by atoms with Crippen molar-refractivity contribution >= 4 is 5.69 Å². The zero-order valence-electron chi connectivity index (χ0n) is 19.3. The van der Waals surface area contributed by atoms with Crippen LogP contribution in [0.2, 0.25) is 0 Å². The van der Waals surface area contributed by atoms with Gasteiger partial charge >= 0.3 is 0 Å². The fourth-order valence-corrected chi connectivity index (χ4v) is 7.64. The molecule has 1 aromatic carbocycles. The number of nitrogens with one attached hydrogen (secondary N) is 1. The van der Waals surface area contributed by atoms with Gasteiger partial charge in [-0.1, -0.05) is 37.1 Å². The van der Waals surface area contributed by atoms with E-state index in [4.69, 9.17) is 0 Å². The lowest BCUT2D eigenvalue weighted by molar-refractivity contribution is 0.397. The summed E-state index contributed by atoms with van der Waals surface area (Å²) in [5.74, 6) is 1.42. The van der Waals surface area contributed by atoms with Crippen LogP contribution in [0.4, 0.5) is 5.69 Å². The Kier molecular flexibility index (Phi) is 4.62. The molecular weight excluding hydrogens is 388 g/mol. The zero-order chi connectivity index (χ0) is 21.1. The number of benzene rings is 1. The van der Waals surface area contributed by atoms with Crippen molar-refractivity contribution in [3.05, 3.63) is 75.8 Å². The molecule has 2 aromatic rings. The van der Waals surface area contributed by atoms with Gasteiger partial charge in [-0.05, 0) is 111 Å². The number of allylic oxidation sites excluding steroid dienone is 3. The van der Waals surface area contributed by atoms with Gasteiger partial charge in [0.15, 0.2) is 0 Å². The Balaban J connectivity index is 1.23. The number of aryl methyl sites for hydroxylation is 2. The van der Waals surface area contributed by atoms with Crippen LogP contribution in [0.15, 0.2) is 42.1 Å². The number of aromatic nitrogens is 1. The van der Waals surface area contributed by atoms with Gasteiger partial charge in [-0.2, -0.15) is 0 Å². The molecule has 0 bridgehead atoms. The summed E-state index contributed by atoms with van der Waals surface area (Å²) >= 11 is 0. The minimum Gasteiger partial charge on any atom is -0.362 e. The van der Waals surface area contributed by atoms with Crippen LogP contribution in [0, 0.1) is 0 Å². The van der Waals surface area contributed by atoms with Crippen LogP contribution in [0.5, 0.6) is 0 Å². The molecule has 1 saturated carbocycles. The number of anilines is 1. The Morgan fingerprint density at radius 3 is 2.69 bits per heavy atom. The van der Waals surface area contributed by atoms with Crippen molar-refractivity contribution in [3.63, 3.8) is 0 Å². The summed E-state index contributed by atoms with van der Waals surface area (Å²) in [7, 11) is 0. The third-order valence-corrected chi connectivity index (χ3v) is 9.19. The normalized spacial score (nSPS) is 28.6. The first kappa shape index (κ1) is 19.3. The molecule has 32 heavy (non-hydrogen) atoms. The maximum absolute atomic E-state index is 3.83. The quantitative estimate of drug-likeness (QED) is 0.538. The molecule has 2 heteroatoms. The molecule has 1 fully saturated rings. The molecule has 5 aliphatic rings. The topological polar surface area (TPSA) is 19.0 Å². The number of H-pyrrole nitrogens is 1. The Morgan fingerprint density at radius 2 is 1.75 bits per heavy atom. The molecule has 3 unspecified atom stereocenters. The van der Waals surface area contributed by atoms with E-state index in [9.17, 15) is 0 Å². The first-order valence-electron chi connectivity index (χ1n) is 13.4. The first-order valence-corrected chi connectivity index (χ1v) is 13.4. The van der Waals surface area contributed by atoms with Crippen molar-refractivity contribution in [2.45, 2.75) is 101 Å². The fraction of sp³-hybridized carbons (Fsp3) is 0.533. The average Bonchev–Trinajstić information content (AvgIpc) is 3.39. The molecule has 0 amide bonds. The van der Waals surface area contributed by atoms with Gasteiger partial charge in [0, 0.05) is 34.7 Å². The lowest BCUT2D eigenvalue weighted by atomic mass is 9.78. The van der Waals surface area contributed by atoms with E-state index in [0.717, 1.165) is 5.92 Å². The molecule has 1 aliphatic heterocycles. The Hall–Kier alpha value is -2.22. The molecular formula is C30H36N2. The van der Waals surface area contributed by atoms with Crippen LogP contribution < -0.4 is 4.90 Å². The molecule has 7 rings (SSSR count). The van der Waals surface area contributed by atoms with E-state index in [1.165, 1.54) is 94.9 Å². The largest absolute Gasteiger partial charge is 0.362 e. The lowest BCUT2D eigenvalue weighted by Crippen LogP contribution is -2.35. The zero-order valence-corrected chi connectivity index (χ0v) is 19.3. The van der Waals surface area contributed by atoms with Crippen LogP contribution in [-0.2, 0) is 25.7 Å². The van der Waals surface area contributed by atoms with E-state index in [0.29, 0.717) is 12.0 Å². The van der Waals surface area contributed by atoms with Gasteiger partial charge in [-0.3, -0.25) is 0 Å². The minimum atomic E-state index is 0.678. The first-order chi connectivity index (χ1) is 15.9. The van der Waals surface area contributed by atoms with Crippen molar-refractivity contribution in [1.29, 1.82) is 0 Å². The molecule has 4 aliphatic carbocycles. The number of hydrogen-bond acceptors (Lipinski definition) is 1. The molecule has 0 radical (unpaired) electrons. The van der Waals surface area contributed by atoms with Crippen LogP contribution in [-0.4, -0.2) is 11.0 Å². The molecule has 0 spiro atoms. The summed E-state index contributed by atoms with van der Waals surface area (Å²) in [6, 6.07) is 8.32. The average molecular weight is 425 g/mol. The highest BCUT2D eigenvalue weighted by Crippen LogP contribution is 2.51. The Morgan fingerprint density at radius 1 is 0.844 bits per heavy atom. The van der Waals surface area contributed by atoms with Gasteiger partial charge in [0.25, 0.3) is 0 Å². The van der Waals surface area contributed by atoms with Crippen molar-refractivity contribution in [3.8, 4) is 0 Å². The summed E-state index contributed by atoms with van der Waals surface area (Å²) in [5.41, 5.74) is 12.8. The maximum Gasteiger partial charge on any atom is 0.0449 e. The number of hydrogen-bond donors (Lipinski definition) is 1. The van der Waals surface area contributed by atoms with Gasteiger partial charge in [0.2, 0.25) is 0 Å². The van der Waals surface area contributed by atoms with E-state index in [1.54, 1.807) is 33.6 Å². The van der Waals surface area contributed by atoms with Gasteiger partial charge in [0.05, 0.1) is 0 Å². The predicted octanol–water partition coefficient (Wildman–Crippen LogP) is 7.25. The fourth-order valence-electron chi connectivity index (χ4n) is 7.64. The number of aromatic amines is 1. The minimum absolute atomic E-state index is 0.678. The van der Waals surface area contributed by atoms with E-state index in [2.05, 4.69) is 46.3 Å². The van der Waals surface area contributed by atoms with Crippen LogP contribution >= 0.6 is 0 Å². The monoisotopic (exact) mass is 424 g/mol. The predicted molar refractivity (Wildman–Crippen MR) is 133 cm³/mol. The standard InChI is InChI=1S/C30H36N2/c1-2-8-22(9-3-1)32-29-13-7-5-11-24(29)26-19-21(15-17-30(26)32)20-14-16-28-25(18-20)23-10-4-6-12-27(23)31-28/h2,8-9,15,17,19-20,24,29,31H,1,3-7,10-14,16,18H2. The number of nitrogens with zero attached hydrogens (tertiary/aromatic N) is 1. The second-order valence-electron chi connectivity index (χ2n) is 10.9. The van der Waals surface area contributed by atoms with Crippen LogP contribution in [0.3, 0.4) is 0 Å². The van der Waals surface area contributed by atoms with Gasteiger partial charge in [-0.15, -0.1) is 0 Å². The molecule has 2 heterocycles. The highest BCUT2D eigenvalue weighted by Gasteiger charge is 2.41. The third-order valence-electron chi connectivity index (χ3n) is 9.19. The summed E-state index contributed by atoms with van der Waals surface area (Å²) in [6.07, 6.45) is 24.2. The van der Waals surface area contributed by atoms with Gasteiger partial charge in [0.1, 0.15) is 0 Å². The molecule has 2 nitrogen and oxygen atoms in total. The molecule has 1 N–H and O–H groups in total. The van der Waals surface area contributed by atoms with Crippen LogP contribution in [0.25, 0.3) is 0 Å². The van der Waals surface area contributed by atoms with Crippen molar-refractivity contribution in [2.75, 3.05) is 4.90 Å². The second kappa shape index (κ2) is 7.68. The van der Waals surface area contributed by atoms with Crippen molar-refractivity contribution in [2.24, 2.45) is 0 Å². The van der Waals surface area contributed by atoms with Gasteiger partial charge < -0.3 is 9.88 Å². The summed E-state index contributed by atoms with van der Waals surface area (Å²) in [6.45, 7) is 0. The number of fused-ring (bicyclic) bond motifs is 6. The van der Waals surface area contributed by atoms with Crippen LogP contribution in [0.1, 0.15) is 103 Å².